The summed E-state index contributed by atoms with van der Waals surface area (Å²) >= 11 is 1.80. The second-order valence-corrected chi connectivity index (χ2v) is 17.9. The predicted molar refractivity (Wildman–Crippen MR) is 243 cm³/mol. The van der Waals surface area contributed by atoms with Crippen molar-refractivity contribution in [1.29, 1.82) is 0 Å². The van der Waals surface area contributed by atoms with Gasteiger partial charge in [0.1, 0.15) is 10.6 Å². The standard InChI is InChI=1S/C37H34NS.C15H28O2.Ir/c1-22(2)16-27-17-23(3)35(24(4)18-27)33-21-34(38-37-36(33)25(5)26(6)39-37)30-19-29-14-10-11-15-31(29)32(20-30)28-12-8-7-9-13-28;1-7-14(5,8-2)12(16)11-13(17)15(6,9-3)10-4;/h7-15,17-18,20-22H,16H2,1-6H3;11,16H,7-10H2,1-6H3;/q-1;;/b;12-11-;. The van der Waals surface area contributed by atoms with E-state index in [2.05, 4.69) is 126 Å². The van der Waals surface area contributed by atoms with E-state index in [0.29, 0.717) is 5.92 Å². The maximum Gasteiger partial charge on any atom is 0.164 e. The van der Waals surface area contributed by atoms with E-state index >= 15 is 0 Å². The molecule has 6 aromatic rings. The third kappa shape index (κ3) is 9.87. The van der Waals surface area contributed by atoms with Crippen LogP contribution in [-0.4, -0.2) is 15.9 Å². The number of nitrogens with zero attached hydrogens (tertiary/aromatic N) is 1. The van der Waals surface area contributed by atoms with Crippen LogP contribution < -0.4 is 0 Å². The van der Waals surface area contributed by atoms with Crippen molar-refractivity contribution in [2.75, 3.05) is 0 Å². The number of allylic oxidation sites excluding steroid dienone is 2. The van der Waals surface area contributed by atoms with E-state index in [-0.39, 0.29) is 42.5 Å². The van der Waals surface area contributed by atoms with Gasteiger partial charge in [0.15, 0.2) is 5.78 Å². The number of aryl methyl sites for hydroxylation is 4. The molecule has 0 spiro atoms. The first-order valence-electron chi connectivity index (χ1n) is 20.6. The number of ketones is 1. The number of aromatic nitrogens is 1. The number of benzene rings is 4. The number of fused-ring (bicyclic) bond motifs is 2. The average Bonchev–Trinajstić information content (AvgIpc) is 3.48. The summed E-state index contributed by atoms with van der Waals surface area (Å²) in [6, 6.07) is 32.3. The van der Waals surface area contributed by atoms with Crippen molar-refractivity contribution in [3.8, 4) is 33.5 Å². The fraction of sp³-hybridized carbons (Fsp3) is 0.385. The summed E-state index contributed by atoms with van der Waals surface area (Å²) in [6.07, 6.45) is 5.86. The maximum atomic E-state index is 12.2. The number of aliphatic hydroxyl groups is 1. The molecular formula is C52H62IrNO2S-. The molecule has 303 valence electrons. The van der Waals surface area contributed by atoms with Crippen LogP contribution >= 0.6 is 11.3 Å². The Kier molecular flexibility index (Phi) is 15.5. The zero-order chi connectivity index (χ0) is 40.9. The quantitative estimate of drug-likeness (QED) is 0.0755. The van der Waals surface area contributed by atoms with Crippen LogP contribution in [0.25, 0.3) is 54.5 Å². The minimum atomic E-state index is -0.337. The third-order valence-corrected chi connectivity index (χ3v) is 13.5. The molecule has 0 atom stereocenters. The summed E-state index contributed by atoms with van der Waals surface area (Å²) in [6.45, 7) is 25.7. The molecule has 6 rings (SSSR count). The summed E-state index contributed by atoms with van der Waals surface area (Å²) in [5, 5.41) is 13.7. The van der Waals surface area contributed by atoms with Gasteiger partial charge in [-0.15, -0.1) is 34.9 Å². The molecule has 0 saturated carbocycles. The first-order chi connectivity index (χ1) is 26.6. The van der Waals surface area contributed by atoms with Crippen molar-refractivity contribution in [2.24, 2.45) is 16.7 Å². The van der Waals surface area contributed by atoms with Crippen LogP contribution in [0.2, 0.25) is 0 Å². The number of carbonyl (C=O) groups is 1. The Labute approximate surface area is 360 Å². The van der Waals surface area contributed by atoms with Gasteiger partial charge in [0.05, 0.1) is 0 Å². The monoisotopic (exact) mass is 957 g/mol. The van der Waals surface area contributed by atoms with Crippen molar-refractivity contribution in [2.45, 2.75) is 115 Å². The molecule has 2 aromatic heterocycles. The Morgan fingerprint density at radius 1 is 0.807 bits per heavy atom. The zero-order valence-corrected chi connectivity index (χ0v) is 39.5. The van der Waals surface area contributed by atoms with Crippen LogP contribution in [0.4, 0.5) is 0 Å². The Balaban J connectivity index is 0.000000341. The van der Waals surface area contributed by atoms with E-state index in [0.717, 1.165) is 53.6 Å². The number of aliphatic hydroxyl groups excluding tert-OH is 1. The van der Waals surface area contributed by atoms with Crippen LogP contribution in [-0.2, 0) is 31.3 Å². The smallest absolute Gasteiger partial charge is 0.164 e. The average molecular weight is 957 g/mol. The van der Waals surface area contributed by atoms with Gasteiger partial charge in [0.25, 0.3) is 0 Å². The molecule has 0 saturated heterocycles. The van der Waals surface area contributed by atoms with Crippen molar-refractivity contribution < 1.29 is 30.0 Å². The molecular weight excluding hydrogens is 895 g/mol. The van der Waals surface area contributed by atoms with Crippen molar-refractivity contribution in [3.63, 3.8) is 0 Å². The summed E-state index contributed by atoms with van der Waals surface area (Å²) in [7, 11) is 0. The van der Waals surface area contributed by atoms with Gasteiger partial charge >= 0.3 is 0 Å². The molecule has 0 aliphatic rings. The topological polar surface area (TPSA) is 50.2 Å². The second-order valence-electron chi connectivity index (χ2n) is 16.7. The van der Waals surface area contributed by atoms with Crippen LogP contribution in [0.3, 0.4) is 0 Å². The fourth-order valence-electron chi connectivity index (χ4n) is 7.67. The van der Waals surface area contributed by atoms with Gasteiger partial charge in [0, 0.05) is 53.0 Å². The number of hydrogen-bond acceptors (Lipinski definition) is 4. The summed E-state index contributed by atoms with van der Waals surface area (Å²) in [5.41, 5.74) is 11.9. The Hall–Kier alpha value is -3.89. The molecule has 0 amide bonds. The minimum absolute atomic E-state index is 0. The van der Waals surface area contributed by atoms with Crippen molar-refractivity contribution >= 4 is 38.1 Å². The molecule has 3 nitrogen and oxygen atoms in total. The van der Waals surface area contributed by atoms with Gasteiger partial charge in [-0.3, -0.25) is 9.78 Å². The molecule has 0 unspecified atom stereocenters. The van der Waals surface area contributed by atoms with Gasteiger partial charge in [0.2, 0.25) is 0 Å². The summed E-state index contributed by atoms with van der Waals surface area (Å²) in [5.74, 6) is 0.923. The zero-order valence-electron chi connectivity index (χ0n) is 36.2. The SMILES string of the molecule is CCC(C)(CC)C(=O)/C=C(\O)C(C)(CC)CC.Cc1cc(CC(C)C)cc(C)c1-c1cc(-c2[c-]c3ccccc3c(-c3ccccc3)c2)nc2sc(C)c(C)c12.[Ir]. The first kappa shape index (κ1) is 45.8. The Morgan fingerprint density at radius 3 is 1.96 bits per heavy atom. The summed E-state index contributed by atoms with van der Waals surface area (Å²) in [4.78, 5) is 19.9. The van der Waals surface area contributed by atoms with Gasteiger partial charge < -0.3 is 5.11 Å². The largest absolute Gasteiger partial charge is 0.512 e. The molecule has 1 radical (unpaired) electrons. The number of pyridine rings is 1. The predicted octanol–water partition coefficient (Wildman–Crippen LogP) is 15.3. The molecule has 0 fully saturated rings. The molecule has 1 N–H and O–H groups in total. The van der Waals surface area contributed by atoms with Crippen LogP contribution in [0.5, 0.6) is 0 Å². The molecule has 0 bridgehead atoms. The van der Waals surface area contributed by atoms with Gasteiger partial charge in [-0.05, 0) is 105 Å². The van der Waals surface area contributed by atoms with Crippen LogP contribution in [0.1, 0.15) is 108 Å². The van der Waals surface area contributed by atoms with Crippen molar-refractivity contribution in [3.05, 3.63) is 124 Å². The molecule has 0 aliphatic carbocycles. The minimum Gasteiger partial charge on any atom is -0.512 e. The summed E-state index contributed by atoms with van der Waals surface area (Å²) < 4.78 is 0. The van der Waals surface area contributed by atoms with Gasteiger partial charge in [-0.1, -0.05) is 139 Å². The third-order valence-electron chi connectivity index (χ3n) is 12.4. The van der Waals surface area contributed by atoms with Crippen LogP contribution in [0, 0.1) is 50.5 Å². The van der Waals surface area contributed by atoms with E-state index < -0.39 is 0 Å². The van der Waals surface area contributed by atoms with E-state index in [1.165, 1.54) is 66.2 Å². The molecule has 0 aliphatic heterocycles. The molecule has 4 aromatic carbocycles. The van der Waals surface area contributed by atoms with E-state index in [1.54, 1.807) is 11.3 Å². The van der Waals surface area contributed by atoms with E-state index in [9.17, 15) is 9.90 Å². The van der Waals surface area contributed by atoms with Crippen molar-refractivity contribution in [1.82, 2.24) is 4.98 Å². The maximum absolute atomic E-state index is 12.2. The van der Waals surface area contributed by atoms with Gasteiger partial charge in [-0.25, -0.2) is 0 Å². The van der Waals surface area contributed by atoms with Crippen LogP contribution in [0.15, 0.2) is 90.7 Å². The second kappa shape index (κ2) is 19.2. The van der Waals surface area contributed by atoms with E-state index in [1.807, 2.05) is 41.5 Å². The molecule has 57 heavy (non-hydrogen) atoms. The number of hydrogen-bond donors (Lipinski definition) is 1. The first-order valence-corrected chi connectivity index (χ1v) is 21.4. The number of rotatable bonds is 12. The molecule has 5 heteroatoms. The molecule has 2 heterocycles. The number of carbonyl (C=O) groups excluding carboxylic acids is 1. The van der Waals surface area contributed by atoms with Gasteiger partial charge in [-0.2, -0.15) is 0 Å². The number of thiophene rings is 1. The Morgan fingerprint density at radius 2 is 1.39 bits per heavy atom. The van der Waals surface area contributed by atoms with E-state index in [4.69, 9.17) is 4.98 Å². The fourth-order valence-corrected chi connectivity index (χ4v) is 8.72. The Bertz CT molecular complexity index is 2340. The normalized spacial score (nSPS) is 12.1.